The van der Waals surface area contributed by atoms with Crippen LogP contribution in [0.25, 0.3) is 0 Å². The lowest BCUT2D eigenvalue weighted by atomic mass is 10.0. The van der Waals surface area contributed by atoms with E-state index >= 15 is 0 Å². The Balaban J connectivity index is 1.68. The maximum absolute atomic E-state index is 12.8. The van der Waals surface area contributed by atoms with Crippen LogP contribution in [0.3, 0.4) is 0 Å². The summed E-state index contributed by atoms with van der Waals surface area (Å²) in [5, 5.41) is 0.218. The van der Waals surface area contributed by atoms with E-state index in [-0.39, 0.29) is 11.4 Å². The normalized spacial score (nSPS) is 21.7. The van der Waals surface area contributed by atoms with Crippen LogP contribution in [-0.4, -0.2) is 16.8 Å². The summed E-state index contributed by atoms with van der Waals surface area (Å²) >= 11 is 4.79. The van der Waals surface area contributed by atoms with Crippen LogP contribution in [0.2, 0.25) is 0 Å². The highest BCUT2D eigenvalue weighted by atomic mass is 79.9. The highest BCUT2D eigenvalue weighted by Gasteiger charge is 2.31. The fraction of sp³-hybridized carbons (Fsp3) is 0.353. The highest BCUT2D eigenvalue weighted by molar-refractivity contribution is 9.10. The number of hydrogen-bond donors (Lipinski definition) is 0. The van der Waals surface area contributed by atoms with Gasteiger partial charge in [-0.3, -0.25) is 0 Å². The number of rotatable bonds is 3. The first kappa shape index (κ1) is 17.8. The molecule has 1 aromatic carbocycles. The monoisotopic (exact) mass is 417 g/mol. The number of benzene rings is 1. The van der Waals surface area contributed by atoms with Crippen LogP contribution in [-0.2, 0) is 10.9 Å². The third-order valence-corrected chi connectivity index (χ3v) is 5.58. The van der Waals surface area contributed by atoms with Crippen molar-refractivity contribution in [1.82, 2.24) is 4.98 Å². The predicted molar refractivity (Wildman–Crippen MR) is 91.0 cm³/mol. The lowest BCUT2D eigenvalue weighted by molar-refractivity contribution is -0.137. The maximum atomic E-state index is 12.8. The van der Waals surface area contributed by atoms with E-state index in [9.17, 15) is 13.2 Å². The van der Waals surface area contributed by atoms with Gasteiger partial charge in [0.15, 0.2) is 0 Å². The molecule has 1 fully saturated rings. The molecule has 7 heteroatoms. The summed E-state index contributed by atoms with van der Waals surface area (Å²) in [5.41, 5.74) is 0.390. The Hall–Kier alpha value is -1.05. The number of ether oxygens (including phenoxy) is 1. The SMILES string of the molecule is FC(F)(F)c1cccc(SC2CCOC(c3ccc(Br)nc3)C2)c1. The minimum Gasteiger partial charge on any atom is -0.373 e. The van der Waals surface area contributed by atoms with Gasteiger partial charge in [-0.2, -0.15) is 13.2 Å². The van der Waals surface area contributed by atoms with Crippen LogP contribution in [0.4, 0.5) is 13.2 Å². The van der Waals surface area contributed by atoms with E-state index in [1.54, 1.807) is 12.3 Å². The van der Waals surface area contributed by atoms with Gasteiger partial charge in [0.2, 0.25) is 0 Å². The second-order valence-electron chi connectivity index (χ2n) is 5.56. The third kappa shape index (κ3) is 4.52. The van der Waals surface area contributed by atoms with Gasteiger partial charge in [0.1, 0.15) is 4.60 Å². The Kier molecular flexibility index (Phi) is 5.52. The molecule has 0 radical (unpaired) electrons. The van der Waals surface area contributed by atoms with Crippen molar-refractivity contribution >= 4 is 27.7 Å². The molecule has 2 nitrogen and oxygen atoms in total. The second-order valence-corrected chi connectivity index (χ2v) is 7.75. The van der Waals surface area contributed by atoms with Gasteiger partial charge in [-0.15, -0.1) is 11.8 Å². The standard InChI is InChI=1S/C17H15BrF3NOS/c18-16-5-4-11(10-22-16)15-9-14(6-7-23-15)24-13-3-1-2-12(8-13)17(19,20)21/h1-5,8,10,14-15H,6-7,9H2. The van der Waals surface area contributed by atoms with Crippen LogP contribution in [0.1, 0.15) is 30.1 Å². The van der Waals surface area contributed by atoms with Gasteiger partial charge < -0.3 is 4.74 Å². The van der Waals surface area contributed by atoms with Gasteiger partial charge >= 0.3 is 6.18 Å². The van der Waals surface area contributed by atoms with Crippen LogP contribution < -0.4 is 0 Å². The van der Waals surface area contributed by atoms with Gasteiger partial charge in [0, 0.05) is 22.9 Å². The molecule has 1 saturated heterocycles. The summed E-state index contributed by atoms with van der Waals surface area (Å²) in [4.78, 5) is 4.85. The third-order valence-electron chi connectivity index (χ3n) is 3.82. The minimum absolute atomic E-state index is 0.0670. The van der Waals surface area contributed by atoms with E-state index in [0.717, 1.165) is 29.1 Å². The Bertz CT molecular complexity index is 693. The predicted octanol–water partition coefficient (Wildman–Crippen LogP) is 5.88. The molecular weight excluding hydrogens is 403 g/mol. The molecule has 2 atom stereocenters. The van der Waals surface area contributed by atoms with Gasteiger partial charge in [0.25, 0.3) is 0 Å². The summed E-state index contributed by atoms with van der Waals surface area (Å²) in [5.74, 6) is 0. The quantitative estimate of drug-likeness (QED) is 0.582. The molecule has 1 aliphatic heterocycles. The molecule has 0 aliphatic carbocycles. The summed E-state index contributed by atoms with van der Waals surface area (Å²) in [6.45, 7) is 0.595. The molecule has 24 heavy (non-hydrogen) atoms. The Morgan fingerprint density at radius 3 is 2.75 bits per heavy atom. The molecule has 0 spiro atoms. The number of hydrogen-bond acceptors (Lipinski definition) is 3. The summed E-state index contributed by atoms with van der Waals surface area (Å²) < 4.78 is 45.0. The van der Waals surface area contributed by atoms with Gasteiger partial charge in [-0.25, -0.2) is 4.98 Å². The van der Waals surface area contributed by atoms with Crippen LogP contribution >= 0.6 is 27.7 Å². The Morgan fingerprint density at radius 1 is 1.21 bits per heavy atom. The van der Waals surface area contributed by atoms with Crippen molar-refractivity contribution in [3.05, 3.63) is 58.3 Å². The highest BCUT2D eigenvalue weighted by Crippen LogP contribution is 2.39. The van der Waals surface area contributed by atoms with Crippen LogP contribution in [0.15, 0.2) is 52.1 Å². The number of nitrogens with zero attached hydrogens (tertiary/aromatic N) is 1. The molecular formula is C17H15BrF3NOS. The first-order chi connectivity index (χ1) is 11.4. The van der Waals surface area contributed by atoms with Gasteiger partial charge in [0.05, 0.1) is 11.7 Å². The zero-order valence-corrected chi connectivity index (χ0v) is 15.0. The van der Waals surface area contributed by atoms with E-state index in [1.165, 1.54) is 23.9 Å². The van der Waals surface area contributed by atoms with E-state index in [1.807, 2.05) is 12.1 Å². The first-order valence-corrected chi connectivity index (χ1v) is 9.16. The zero-order valence-electron chi connectivity index (χ0n) is 12.6. The molecule has 0 saturated carbocycles. The average Bonchev–Trinajstić information content (AvgIpc) is 2.55. The maximum Gasteiger partial charge on any atom is 0.416 e. The molecule has 2 unspecified atom stereocenters. The van der Waals surface area contributed by atoms with Crippen molar-refractivity contribution in [2.24, 2.45) is 0 Å². The smallest absolute Gasteiger partial charge is 0.373 e. The molecule has 2 heterocycles. The Labute approximate surface area is 150 Å². The molecule has 0 amide bonds. The number of halogens is 4. The first-order valence-electron chi connectivity index (χ1n) is 7.49. The summed E-state index contributed by atoms with van der Waals surface area (Å²) in [6, 6.07) is 9.33. The molecule has 0 bridgehead atoms. The molecule has 3 rings (SSSR count). The van der Waals surface area contributed by atoms with E-state index in [2.05, 4.69) is 20.9 Å². The lowest BCUT2D eigenvalue weighted by Gasteiger charge is -2.29. The fourth-order valence-electron chi connectivity index (χ4n) is 2.62. The average molecular weight is 418 g/mol. The summed E-state index contributed by atoms with van der Waals surface area (Å²) in [6.07, 6.45) is -1.03. The zero-order chi connectivity index (χ0) is 17.2. The topological polar surface area (TPSA) is 22.1 Å². The Morgan fingerprint density at radius 2 is 2.04 bits per heavy atom. The van der Waals surface area contributed by atoms with Crippen LogP contribution in [0.5, 0.6) is 0 Å². The fourth-order valence-corrected chi connectivity index (χ4v) is 4.08. The molecule has 0 N–H and O–H groups in total. The van der Waals surface area contributed by atoms with Crippen molar-refractivity contribution in [1.29, 1.82) is 0 Å². The van der Waals surface area contributed by atoms with Crippen LogP contribution in [0, 0.1) is 0 Å². The second kappa shape index (κ2) is 7.45. The molecule has 1 aliphatic rings. The van der Waals surface area contributed by atoms with Gasteiger partial charge in [-0.05, 0) is 58.6 Å². The van der Waals surface area contributed by atoms with Gasteiger partial charge in [-0.1, -0.05) is 12.1 Å². The van der Waals surface area contributed by atoms with Crippen molar-refractivity contribution in [2.75, 3.05) is 6.61 Å². The van der Waals surface area contributed by atoms with E-state index in [4.69, 9.17) is 4.74 Å². The van der Waals surface area contributed by atoms with E-state index < -0.39 is 11.7 Å². The van der Waals surface area contributed by atoms with Crippen molar-refractivity contribution in [2.45, 2.75) is 35.3 Å². The minimum atomic E-state index is -4.31. The molecule has 2 aromatic rings. The number of thioether (sulfide) groups is 1. The largest absolute Gasteiger partial charge is 0.416 e. The molecule has 128 valence electrons. The summed E-state index contributed by atoms with van der Waals surface area (Å²) in [7, 11) is 0. The number of pyridine rings is 1. The number of alkyl halides is 3. The van der Waals surface area contributed by atoms with E-state index in [0.29, 0.717) is 11.5 Å². The van der Waals surface area contributed by atoms with Crippen molar-refractivity contribution in [3.63, 3.8) is 0 Å². The van der Waals surface area contributed by atoms with Crippen molar-refractivity contribution in [3.8, 4) is 0 Å². The molecule has 1 aromatic heterocycles. The van der Waals surface area contributed by atoms with Crippen molar-refractivity contribution < 1.29 is 17.9 Å². The lowest BCUT2D eigenvalue weighted by Crippen LogP contribution is -2.21. The number of aromatic nitrogens is 1.